The van der Waals surface area contributed by atoms with Crippen molar-refractivity contribution in [2.24, 2.45) is 5.92 Å². The Kier molecular flexibility index (Phi) is 5.00. The van der Waals surface area contributed by atoms with Gasteiger partial charge in [0.15, 0.2) is 0 Å². The van der Waals surface area contributed by atoms with Crippen molar-refractivity contribution in [1.82, 2.24) is 14.3 Å². The second kappa shape index (κ2) is 6.87. The van der Waals surface area contributed by atoms with Gasteiger partial charge in [-0.05, 0) is 48.4 Å². The van der Waals surface area contributed by atoms with E-state index in [1.165, 1.54) is 4.31 Å². The predicted octanol–water partition coefficient (Wildman–Crippen LogP) is 1.58. The lowest BCUT2D eigenvalue weighted by molar-refractivity contribution is 0.161. The number of halogens is 1. The van der Waals surface area contributed by atoms with Gasteiger partial charge >= 0.3 is 6.09 Å². The summed E-state index contributed by atoms with van der Waals surface area (Å²) in [6.45, 7) is 0.977. The molecule has 3 rings (SSSR count). The standard InChI is InChI=1S/C15H20ClN3O4S/c16-13-3-1-12-9-19(6-5-10(12)7-13)24(22,23)17-8-11-2-4-14(11)18-15(20)21/h1,3,7,11,14,17-18H,2,4-6,8-9H2,(H,20,21)/t11?,14-/m1/s1. The number of benzene rings is 1. The Hall–Kier alpha value is -1.35. The molecule has 9 heteroatoms. The fraction of sp³-hybridized carbons (Fsp3) is 0.533. The molecule has 1 amide bonds. The largest absolute Gasteiger partial charge is 0.465 e. The molecule has 1 aromatic rings. The van der Waals surface area contributed by atoms with E-state index in [4.69, 9.17) is 16.7 Å². The summed E-state index contributed by atoms with van der Waals surface area (Å²) in [4.78, 5) is 10.7. The van der Waals surface area contributed by atoms with Crippen molar-refractivity contribution in [3.8, 4) is 0 Å². The summed E-state index contributed by atoms with van der Waals surface area (Å²) in [5, 5.41) is 11.8. The zero-order chi connectivity index (χ0) is 17.3. The van der Waals surface area contributed by atoms with Crippen LogP contribution in [-0.4, -0.2) is 43.1 Å². The topological polar surface area (TPSA) is 98.7 Å². The molecule has 0 bridgehead atoms. The Bertz CT molecular complexity index is 740. The molecule has 0 spiro atoms. The normalized spacial score (nSPS) is 24.0. The highest BCUT2D eigenvalue weighted by Gasteiger charge is 2.34. The lowest BCUT2D eigenvalue weighted by atomic mass is 9.80. The second-order valence-corrected chi connectivity index (χ2v) is 8.44. The molecule has 132 valence electrons. The molecule has 1 unspecified atom stereocenters. The van der Waals surface area contributed by atoms with E-state index >= 15 is 0 Å². The van der Waals surface area contributed by atoms with Gasteiger partial charge in [-0.15, -0.1) is 0 Å². The third-order valence-electron chi connectivity index (χ3n) is 4.74. The Balaban J connectivity index is 1.58. The minimum Gasteiger partial charge on any atom is -0.465 e. The van der Waals surface area contributed by atoms with E-state index < -0.39 is 16.3 Å². The van der Waals surface area contributed by atoms with Crippen LogP contribution in [0.5, 0.6) is 0 Å². The van der Waals surface area contributed by atoms with Crippen LogP contribution in [-0.2, 0) is 23.2 Å². The van der Waals surface area contributed by atoms with Gasteiger partial charge in [0.05, 0.1) is 0 Å². The van der Waals surface area contributed by atoms with Gasteiger partial charge in [0.1, 0.15) is 0 Å². The monoisotopic (exact) mass is 373 g/mol. The lowest BCUT2D eigenvalue weighted by Gasteiger charge is -2.37. The zero-order valence-corrected chi connectivity index (χ0v) is 14.6. The van der Waals surface area contributed by atoms with E-state index in [1.807, 2.05) is 12.1 Å². The molecule has 24 heavy (non-hydrogen) atoms. The first-order valence-corrected chi connectivity index (χ1v) is 9.68. The molecule has 2 atom stereocenters. The van der Waals surface area contributed by atoms with Crippen LogP contribution in [0.4, 0.5) is 4.79 Å². The van der Waals surface area contributed by atoms with Gasteiger partial charge in [0, 0.05) is 30.7 Å². The second-order valence-electron chi connectivity index (χ2n) is 6.24. The number of hydrogen-bond acceptors (Lipinski definition) is 3. The van der Waals surface area contributed by atoms with E-state index in [0.29, 0.717) is 24.5 Å². The molecule has 3 N–H and O–H groups in total. The fourth-order valence-corrected chi connectivity index (χ4v) is 4.61. The minimum atomic E-state index is -3.58. The molecule has 1 heterocycles. The average molecular weight is 374 g/mol. The molecule has 1 aliphatic carbocycles. The van der Waals surface area contributed by atoms with E-state index in [2.05, 4.69) is 10.0 Å². The highest BCUT2D eigenvalue weighted by Crippen LogP contribution is 2.28. The minimum absolute atomic E-state index is 0.00626. The first-order chi connectivity index (χ1) is 11.3. The smallest absolute Gasteiger partial charge is 0.404 e. The van der Waals surface area contributed by atoms with Crippen molar-refractivity contribution in [3.63, 3.8) is 0 Å². The van der Waals surface area contributed by atoms with Gasteiger partial charge in [-0.2, -0.15) is 12.7 Å². The maximum Gasteiger partial charge on any atom is 0.404 e. The van der Waals surface area contributed by atoms with Crippen molar-refractivity contribution in [2.45, 2.75) is 31.8 Å². The Morgan fingerprint density at radius 1 is 1.33 bits per heavy atom. The number of hydrogen-bond donors (Lipinski definition) is 3. The van der Waals surface area contributed by atoms with E-state index in [1.54, 1.807) is 6.07 Å². The van der Waals surface area contributed by atoms with Gasteiger partial charge in [-0.3, -0.25) is 0 Å². The number of fused-ring (bicyclic) bond motifs is 1. The van der Waals surface area contributed by atoms with Gasteiger partial charge in [-0.1, -0.05) is 17.7 Å². The van der Waals surface area contributed by atoms with Crippen molar-refractivity contribution in [1.29, 1.82) is 0 Å². The number of nitrogens with one attached hydrogen (secondary N) is 2. The zero-order valence-electron chi connectivity index (χ0n) is 13.0. The average Bonchev–Trinajstić information content (AvgIpc) is 2.51. The molecular weight excluding hydrogens is 354 g/mol. The molecule has 7 nitrogen and oxygen atoms in total. The molecule has 1 saturated carbocycles. The van der Waals surface area contributed by atoms with E-state index in [0.717, 1.165) is 24.0 Å². The highest BCUT2D eigenvalue weighted by molar-refractivity contribution is 7.87. The molecule has 0 aromatic heterocycles. The summed E-state index contributed by atoms with van der Waals surface area (Å²) < 4.78 is 29.0. The van der Waals surface area contributed by atoms with Crippen molar-refractivity contribution >= 4 is 27.9 Å². The van der Waals surface area contributed by atoms with Gasteiger partial charge in [0.2, 0.25) is 0 Å². The van der Waals surface area contributed by atoms with Crippen LogP contribution in [0.25, 0.3) is 0 Å². The highest BCUT2D eigenvalue weighted by atomic mass is 35.5. The molecular formula is C15H20ClN3O4S. The van der Waals surface area contributed by atoms with Gasteiger partial charge in [-0.25, -0.2) is 9.52 Å². The number of rotatable bonds is 5. The van der Waals surface area contributed by atoms with Crippen LogP contribution in [0.1, 0.15) is 24.0 Å². The molecule has 0 radical (unpaired) electrons. The summed E-state index contributed by atoms with van der Waals surface area (Å²) in [6, 6.07) is 5.33. The van der Waals surface area contributed by atoms with Crippen LogP contribution in [0, 0.1) is 5.92 Å². The Morgan fingerprint density at radius 2 is 2.12 bits per heavy atom. The molecule has 1 fully saturated rings. The van der Waals surface area contributed by atoms with E-state index in [-0.39, 0.29) is 18.5 Å². The Labute approximate surface area is 146 Å². The van der Waals surface area contributed by atoms with Crippen LogP contribution in [0.2, 0.25) is 5.02 Å². The fourth-order valence-electron chi connectivity index (χ4n) is 3.17. The van der Waals surface area contributed by atoms with Gasteiger partial charge in [0.25, 0.3) is 10.2 Å². The maximum atomic E-state index is 12.5. The Morgan fingerprint density at radius 3 is 2.79 bits per heavy atom. The summed E-state index contributed by atoms with van der Waals surface area (Å²) >= 11 is 5.97. The summed E-state index contributed by atoms with van der Waals surface area (Å²) in [7, 11) is -3.58. The van der Waals surface area contributed by atoms with E-state index in [9.17, 15) is 13.2 Å². The quantitative estimate of drug-likeness (QED) is 0.729. The first-order valence-electron chi connectivity index (χ1n) is 7.86. The third kappa shape index (κ3) is 3.83. The molecule has 1 aliphatic heterocycles. The number of carbonyl (C=O) groups is 1. The number of amides is 1. The SMILES string of the molecule is O=C(O)N[C@@H]1CCC1CNS(=O)(=O)N1CCc2cc(Cl)ccc2C1. The van der Waals surface area contributed by atoms with Crippen molar-refractivity contribution in [3.05, 3.63) is 34.3 Å². The number of nitrogens with zero attached hydrogens (tertiary/aromatic N) is 1. The molecule has 0 saturated heterocycles. The van der Waals surface area contributed by atoms with Gasteiger partial charge < -0.3 is 10.4 Å². The molecule has 1 aromatic carbocycles. The summed E-state index contributed by atoms with van der Waals surface area (Å²) in [5.41, 5.74) is 2.05. The first kappa shape index (κ1) is 17.5. The predicted molar refractivity (Wildman–Crippen MR) is 90.2 cm³/mol. The van der Waals surface area contributed by atoms with Crippen LogP contribution < -0.4 is 10.0 Å². The van der Waals surface area contributed by atoms with Crippen LogP contribution in [0.3, 0.4) is 0 Å². The number of carboxylic acid groups (broad SMARTS) is 1. The lowest BCUT2D eigenvalue weighted by Crippen LogP contribution is -2.52. The van der Waals surface area contributed by atoms with Crippen LogP contribution >= 0.6 is 11.6 Å². The summed E-state index contributed by atoms with van der Waals surface area (Å²) in [6.07, 6.45) is 1.12. The van der Waals surface area contributed by atoms with Crippen LogP contribution in [0.15, 0.2) is 18.2 Å². The summed E-state index contributed by atoms with van der Waals surface area (Å²) in [5.74, 6) is 0.00626. The van der Waals surface area contributed by atoms with Crippen molar-refractivity contribution in [2.75, 3.05) is 13.1 Å². The molecule has 2 aliphatic rings. The van der Waals surface area contributed by atoms with Crippen molar-refractivity contribution < 1.29 is 18.3 Å². The maximum absolute atomic E-state index is 12.5. The third-order valence-corrected chi connectivity index (χ3v) is 6.50.